The van der Waals surface area contributed by atoms with E-state index in [1.165, 1.54) is 25.3 Å². The van der Waals surface area contributed by atoms with Gasteiger partial charge in [0.2, 0.25) is 0 Å². The molecule has 0 amide bonds. The molecule has 0 aliphatic carbocycles. The van der Waals surface area contributed by atoms with Crippen LogP contribution in [0, 0.1) is 0 Å². The maximum absolute atomic E-state index is 12.7. The summed E-state index contributed by atoms with van der Waals surface area (Å²) in [6.07, 6.45) is 1.19. The van der Waals surface area contributed by atoms with Crippen molar-refractivity contribution in [1.29, 1.82) is 0 Å². The molecule has 2 aliphatic heterocycles. The van der Waals surface area contributed by atoms with Crippen molar-refractivity contribution in [3.05, 3.63) is 23.9 Å². The molecule has 2 unspecified atom stereocenters. The monoisotopic (exact) mass is 299 g/mol. The Bertz CT molecular complexity index is 489. The van der Waals surface area contributed by atoms with Crippen LogP contribution in [0.5, 0.6) is 0 Å². The summed E-state index contributed by atoms with van der Waals surface area (Å²) in [6.45, 7) is 0. The van der Waals surface area contributed by atoms with Crippen LogP contribution in [-0.2, 0) is 6.18 Å². The predicted octanol–water partition coefficient (Wildman–Crippen LogP) is 3.53. The Morgan fingerprint density at radius 2 is 1.86 bits per heavy atom. The second-order valence-electron chi connectivity index (χ2n) is 6.12. The van der Waals surface area contributed by atoms with Gasteiger partial charge in [0.25, 0.3) is 0 Å². The first-order valence-corrected chi connectivity index (χ1v) is 7.46. The zero-order valence-corrected chi connectivity index (χ0v) is 12.0. The Balaban J connectivity index is 1.70. The van der Waals surface area contributed by atoms with Gasteiger partial charge in [0, 0.05) is 18.1 Å². The van der Waals surface area contributed by atoms with E-state index in [0.717, 1.165) is 18.9 Å². The van der Waals surface area contributed by atoms with Gasteiger partial charge in [0.15, 0.2) is 0 Å². The Morgan fingerprint density at radius 1 is 1.19 bits per heavy atom. The number of pyridine rings is 1. The fourth-order valence-electron chi connectivity index (χ4n) is 3.62. The molecule has 0 spiro atoms. The van der Waals surface area contributed by atoms with Gasteiger partial charge in [0.1, 0.15) is 11.5 Å². The van der Waals surface area contributed by atoms with Gasteiger partial charge < -0.3 is 10.2 Å². The SMILES string of the molecule is CN1C2CCCC1CC(Nc1cccc(C(F)(F)F)n1)C2. The maximum atomic E-state index is 12.7. The van der Waals surface area contributed by atoms with E-state index in [4.69, 9.17) is 0 Å². The van der Waals surface area contributed by atoms with Gasteiger partial charge in [-0.15, -0.1) is 0 Å². The topological polar surface area (TPSA) is 28.2 Å². The molecule has 0 aromatic carbocycles. The summed E-state index contributed by atoms with van der Waals surface area (Å²) in [5.74, 6) is 0.331. The molecule has 2 aliphatic rings. The minimum Gasteiger partial charge on any atom is -0.367 e. The van der Waals surface area contributed by atoms with E-state index in [1.807, 2.05) is 0 Å². The lowest BCUT2D eigenvalue weighted by Gasteiger charge is -2.47. The van der Waals surface area contributed by atoms with Gasteiger partial charge in [0.05, 0.1) is 0 Å². The van der Waals surface area contributed by atoms with Gasteiger partial charge in [-0.05, 0) is 44.9 Å². The molecule has 3 rings (SSSR count). The number of alkyl halides is 3. The summed E-state index contributed by atoms with van der Waals surface area (Å²) < 4.78 is 38.1. The average molecular weight is 299 g/mol. The highest BCUT2D eigenvalue weighted by molar-refractivity contribution is 5.37. The third-order valence-electron chi connectivity index (χ3n) is 4.73. The molecule has 21 heavy (non-hydrogen) atoms. The lowest BCUT2D eigenvalue weighted by atomic mass is 9.82. The Labute approximate surface area is 122 Å². The zero-order chi connectivity index (χ0) is 15.0. The molecule has 3 nitrogen and oxygen atoms in total. The number of nitrogens with one attached hydrogen (secondary N) is 1. The van der Waals surface area contributed by atoms with Crippen LogP contribution < -0.4 is 5.32 Å². The van der Waals surface area contributed by atoms with E-state index in [2.05, 4.69) is 22.2 Å². The quantitative estimate of drug-likeness (QED) is 0.905. The molecular formula is C15H20F3N3. The highest BCUT2D eigenvalue weighted by Crippen LogP contribution is 2.34. The van der Waals surface area contributed by atoms with Crippen LogP contribution >= 0.6 is 0 Å². The minimum absolute atomic E-state index is 0.215. The second-order valence-corrected chi connectivity index (χ2v) is 6.12. The largest absolute Gasteiger partial charge is 0.433 e. The van der Waals surface area contributed by atoms with Gasteiger partial charge in [-0.3, -0.25) is 0 Å². The zero-order valence-electron chi connectivity index (χ0n) is 12.0. The molecule has 6 heteroatoms. The molecule has 2 bridgehead atoms. The summed E-state index contributed by atoms with van der Waals surface area (Å²) in [5.41, 5.74) is -0.833. The standard InChI is InChI=1S/C15H20F3N3/c1-21-11-4-2-5-12(21)9-10(8-11)19-14-7-3-6-13(20-14)15(16,17)18/h3,6-7,10-12H,2,4-5,8-9H2,1H3,(H,19,20). The maximum Gasteiger partial charge on any atom is 0.433 e. The second kappa shape index (κ2) is 5.48. The normalized spacial score (nSPS) is 30.2. The van der Waals surface area contributed by atoms with Crippen LogP contribution in [0.4, 0.5) is 19.0 Å². The number of piperidine rings is 2. The van der Waals surface area contributed by atoms with E-state index in [0.29, 0.717) is 17.9 Å². The number of halogens is 3. The van der Waals surface area contributed by atoms with E-state index in [-0.39, 0.29) is 6.04 Å². The van der Waals surface area contributed by atoms with Crippen molar-refractivity contribution >= 4 is 5.82 Å². The van der Waals surface area contributed by atoms with E-state index < -0.39 is 11.9 Å². The van der Waals surface area contributed by atoms with Crippen molar-refractivity contribution in [2.24, 2.45) is 0 Å². The van der Waals surface area contributed by atoms with Crippen LogP contribution in [0.3, 0.4) is 0 Å². The first kappa shape index (κ1) is 14.6. The first-order chi connectivity index (χ1) is 9.93. The average Bonchev–Trinajstić information content (AvgIpc) is 2.39. The van der Waals surface area contributed by atoms with Crippen molar-refractivity contribution in [2.45, 2.75) is 56.4 Å². The van der Waals surface area contributed by atoms with Crippen LogP contribution in [0.25, 0.3) is 0 Å². The van der Waals surface area contributed by atoms with E-state index in [9.17, 15) is 13.2 Å². The molecule has 1 aromatic rings. The van der Waals surface area contributed by atoms with Gasteiger partial charge >= 0.3 is 6.18 Å². The van der Waals surface area contributed by atoms with Gasteiger partial charge in [-0.25, -0.2) is 4.98 Å². The van der Waals surface area contributed by atoms with Crippen LogP contribution in [0.1, 0.15) is 37.8 Å². The molecule has 116 valence electrons. The van der Waals surface area contributed by atoms with Crippen LogP contribution in [0.15, 0.2) is 18.2 Å². The van der Waals surface area contributed by atoms with E-state index >= 15 is 0 Å². The number of aromatic nitrogens is 1. The summed E-state index contributed by atoms with van der Waals surface area (Å²) >= 11 is 0. The summed E-state index contributed by atoms with van der Waals surface area (Å²) in [6, 6.07) is 5.33. The number of rotatable bonds is 2. The minimum atomic E-state index is -4.39. The number of hydrogen-bond donors (Lipinski definition) is 1. The third-order valence-corrected chi connectivity index (χ3v) is 4.73. The summed E-state index contributed by atoms with van der Waals surface area (Å²) in [7, 11) is 2.16. The molecular weight excluding hydrogens is 279 g/mol. The van der Waals surface area contributed by atoms with Gasteiger partial charge in [-0.2, -0.15) is 13.2 Å². The number of anilines is 1. The first-order valence-electron chi connectivity index (χ1n) is 7.46. The van der Waals surface area contributed by atoms with Gasteiger partial charge in [-0.1, -0.05) is 12.5 Å². The molecule has 1 N–H and O–H groups in total. The van der Waals surface area contributed by atoms with Crippen molar-refractivity contribution in [3.8, 4) is 0 Å². The fraction of sp³-hybridized carbons (Fsp3) is 0.667. The lowest BCUT2D eigenvalue weighted by molar-refractivity contribution is -0.141. The summed E-state index contributed by atoms with van der Waals surface area (Å²) in [5, 5.41) is 3.20. The Kier molecular flexibility index (Phi) is 3.82. The highest BCUT2D eigenvalue weighted by atomic mass is 19.4. The smallest absolute Gasteiger partial charge is 0.367 e. The van der Waals surface area contributed by atoms with E-state index in [1.54, 1.807) is 6.07 Å². The van der Waals surface area contributed by atoms with Crippen molar-refractivity contribution in [1.82, 2.24) is 9.88 Å². The third kappa shape index (κ3) is 3.15. The summed E-state index contributed by atoms with van der Waals surface area (Å²) in [4.78, 5) is 6.13. The van der Waals surface area contributed by atoms with Crippen molar-refractivity contribution in [2.75, 3.05) is 12.4 Å². The molecule has 3 heterocycles. The number of nitrogens with zero attached hydrogens (tertiary/aromatic N) is 2. The fourth-order valence-corrected chi connectivity index (χ4v) is 3.62. The lowest BCUT2D eigenvalue weighted by Crippen LogP contribution is -2.52. The molecule has 2 atom stereocenters. The Hall–Kier alpha value is -1.30. The molecule has 0 radical (unpaired) electrons. The highest BCUT2D eigenvalue weighted by Gasteiger charge is 2.36. The van der Waals surface area contributed by atoms with Crippen LogP contribution in [0.2, 0.25) is 0 Å². The molecule has 2 fully saturated rings. The molecule has 0 saturated carbocycles. The van der Waals surface area contributed by atoms with Crippen molar-refractivity contribution < 1.29 is 13.2 Å². The van der Waals surface area contributed by atoms with Crippen LogP contribution in [-0.4, -0.2) is 35.1 Å². The number of fused-ring (bicyclic) bond motifs is 2. The molecule has 1 aromatic heterocycles. The Morgan fingerprint density at radius 3 is 2.48 bits per heavy atom. The molecule has 2 saturated heterocycles. The number of hydrogen-bond acceptors (Lipinski definition) is 3. The van der Waals surface area contributed by atoms with Crippen molar-refractivity contribution in [3.63, 3.8) is 0 Å². The predicted molar refractivity (Wildman–Crippen MR) is 75.1 cm³/mol.